The SMILES string of the molecule is C=CCOc1ccc(C=CC(=O)N(C)CC(=O)N(CC(C)C)c2c(N)n(CC(C)C)c(=O)[nH]c2=O)cc1. The number of rotatable bonds is 12. The monoisotopic (exact) mass is 511 g/mol. The number of ether oxygens (including phenoxy) is 1. The smallest absolute Gasteiger partial charge is 0.330 e. The molecular formula is C27H37N5O5. The molecule has 0 aliphatic carbocycles. The number of nitrogens with zero attached hydrogens (tertiary/aromatic N) is 3. The molecule has 200 valence electrons. The fourth-order valence-corrected chi connectivity index (χ4v) is 3.56. The van der Waals surface area contributed by atoms with Crippen LogP contribution in [0.3, 0.4) is 0 Å². The Bertz CT molecular complexity index is 1240. The number of nitrogens with one attached hydrogen (secondary N) is 1. The van der Waals surface area contributed by atoms with Crippen molar-refractivity contribution >= 4 is 29.4 Å². The predicted octanol–water partition coefficient (Wildman–Crippen LogP) is 2.50. The number of carbonyl (C=O) groups is 2. The molecule has 0 unspecified atom stereocenters. The third kappa shape index (κ3) is 8.23. The topological polar surface area (TPSA) is 131 Å². The Balaban J connectivity index is 2.23. The second kappa shape index (κ2) is 13.3. The van der Waals surface area contributed by atoms with Gasteiger partial charge in [0.1, 0.15) is 24.7 Å². The molecule has 2 amide bonds. The first-order chi connectivity index (χ1) is 17.4. The molecule has 0 aliphatic rings. The second-order valence-corrected chi connectivity index (χ2v) is 9.59. The fourth-order valence-electron chi connectivity index (χ4n) is 3.56. The van der Waals surface area contributed by atoms with Crippen molar-refractivity contribution in [2.24, 2.45) is 11.8 Å². The quantitative estimate of drug-likeness (QED) is 0.333. The van der Waals surface area contributed by atoms with Crippen LogP contribution in [-0.2, 0) is 16.1 Å². The first-order valence-electron chi connectivity index (χ1n) is 12.1. The Morgan fingerprint density at radius 1 is 1.14 bits per heavy atom. The predicted molar refractivity (Wildman–Crippen MR) is 147 cm³/mol. The molecule has 0 aliphatic heterocycles. The zero-order chi connectivity index (χ0) is 27.7. The van der Waals surface area contributed by atoms with Crippen LogP contribution in [0.15, 0.2) is 52.6 Å². The Morgan fingerprint density at radius 3 is 2.35 bits per heavy atom. The third-order valence-electron chi connectivity index (χ3n) is 5.30. The molecule has 2 rings (SSSR count). The summed E-state index contributed by atoms with van der Waals surface area (Å²) in [6.07, 6.45) is 4.65. The van der Waals surface area contributed by atoms with Gasteiger partial charge < -0.3 is 20.3 Å². The summed E-state index contributed by atoms with van der Waals surface area (Å²) in [6, 6.07) is 7.18. The van der Waals surface area contributed by atoms with Gasteiger partial charge in [0.2, 0.25) is 11.8 Å². The van der Waals surface area contributed by atoms with Crippen molar-refractivity contribution in [3.8, 4) is 5.75 Å². The molecule has 3 N–H and O–H groups in total. The number of nitrogen functional groups attached to an aromatic ring is 1. The maximum absolute atomic E-state index is 13.3. The molecule has 0 bridgehead atoms. The minimum atomic E-state index is -0.745. The van der Waals surface area contributed by atoms with E-state index < -0.39 is 23.1 Å². The summed E-state index contributed by atoms with van der Waals surface area (Å²) in [6.45, 7) is 11.8. The largest absolute Gasteiger partial charge is 0.490 e. The molecule has 1 aromatic carbocycles. The highest BCUT2D eigenvalue weighted by molar-refractivity contribution is 6.00. The van der Waals surface area contributed by atoms with Crippen LogP contribution in [0.5, 0.6) is 5.75 Å². The number of nitrogens with two attached hydrogens (primary N) is 1. The lowest BCUT2D eigenvalue weighted by atomic mass is 10.2. The highest BCUT2D eigenvalue weighted by atomic mass is 16.5. The molecule has 10 heteroatoms. The summed E-state index contributed by atoms with van der Waals surface area (Å²) in [7, 11) is 1.50. The van der Waals surface area contributed by atoms with Crippen molar-refractivity contribution in [2.45, 2.75) is 34.2 Å². The van der Waals surface area contributed by atoms with Gasteiger partial charge in [0.15, 0.2) is 5.69 Å². The first-order valence-corrected chi connectivity index (χ1v) is 12.1. The Hall–Kier alpha value is -4.08. The van der Waals surface area contributed by atoms with E-state index in [9.17, 15) is 19.2 Å². The number of carbonyl (C=O) groups excluding carboxylic acids is 2. The fraction of sp³-hybridized carbons (Fsp3) is 0.407. The summed E-state index contributed by atoms with van der Waals surface area (Å²) >= 11 is 0. The number of anilines is 2. The Labute approximate surface area is 217 Å². The van der Waals surface area contributed by atoms with Crippen molar-refractivity contribution in [2.75, 3.05) is 37.4 Å². The molecule has 0 atom stereocenters. The van der Waals surface area contributed by atoms with Crippen LogP contribution in [-0.4, -0.2) is 53.0 Å². The summed E-state index contributed by atoms with van der Waals surface area (Å²) in [5.41, 5.74) is 5.55. The van der Waals surface area contributed by atoms with Gasteiger partial charge in [-0.3, -0.25) is 23.9 Å². The highest BCUT2D eigenvalue weighted by Crippen LogP contribution is 2.20. The van der Waals surface area contributed by atoms with Crippen LogP contribution < -0.4 is 26.6 Å². The molecule has 0 saturated carbocycles. The lowest BCUT2D eigenvalue weighted by Crippen LogP contribution is -2.46. The van der Waals surface area contributed by atoms with Crippen LogP contribution >= 0.6 is 0 Å². The van der Waals surface area contributed by atoms with E-state index in [0.29, 0.717) is 12.4 Å². The van der Waals surface area contributed by atoms with Gasteiger partial charge >= 0.3 is 5.69 Å². The van der Waals surface area contributed by atoms with Gasteiger partial charge in [0, 0.05) is 26.2 Å². The average Bonchev–Trinajstić information content (AvgIpc) is 2.83. The number of amides is 2. The second-order valence-electron chi connectivity index (χ2n) is 9.59. The van der Waals surface area contributed by atoms with E-state index in [4.69, 9.17) is 10.5 Å². The Kier molecular flexibility index (Phi) is 10.5. The summed E-state index contributed by atoms with van der Waals surface area (Å²) < 4.78 is 6.70. The van der Waals surface area contributed by atoms with E-state index in [1.165, 1.54) is 27.5 Å². The lowest BCUT2D eigenvalue weighted by Gasteiger charge is -2.28. The highest BCUT2D eigenvalue weighted by Gasteiger charge is 2.26. The molecule has 0 fully saturated rings. The average molecular weight is 512 g/mol. The van der Waals surface area contributed by atoms with Gasteiger partial charge in [-0.15, -0.1) is 0 Å². The van der Waals surface area contributed by atoms with Gasteiger partial charge in [0.05, 0.1) is 0 Å². The molecule has 10 nitrogen and oxygen atoms in total. The number of aromatic nitrogens is 2. The third-order valence-corrected chi connectivity index (χ3v) is 5.30. The minimum absolute atomic E-state index is 0.00689. The molecule has 1 aromatic heterocycles. The van der Waals surface area contributed by atoms with Gasteiger partial charge in [-0.25, -0.2) is 4.79 Å². The number of benzene rings is 1. The van der Waals surface area contributed by atoms with Gasteiger partial charge in [-0.1, -0.05) is 52.5 Å². The summed E-state index contributed by atoms with van der Waals surface area (Å²) in [5.74, 6) is -0.201. The number of aromatic amines is 1. The maximum atomic E-state index is 13.3. The number of hydrogen-bond acceptors (Lipinski definition) is 6. The van der Waals surface area contributed by atoms with Crippen molar-refractivity contribution in [3.05, 3.63) is 69.4 Å². The zero-order valence-corrected chi connectivity index (χ0v) is 22.2. The molecule has 37 heavy (non-hydrogen) atoms. The van der Waals surface area contributed by atoms with Crippen molar-refractivity contribution in [1.82, 2.24) is 14.5 Å². The Morgan fingerprint density at radius 2 is 1.78 bits per heavy atom. The number of H-pyrrole nitrogens is 1. The van der Waals surface area contributed by atoms with E-state index in [1.54, 1.807) is 36.4 Å². The molecule has 1 heterocycles. The molecular weight excluding hydrogens is 474 g/mol. The summed E-state index contributed by atoms with van der Waals surface area (Å²) in [5, 5.41) is 0. The molecule has 0 radical (unpaired) electrons. The van der Waals surface area contributed by atoms with Crippen LogP contribution in [0, 0.1) is 11.8 Å². The molecule has 0 spiro atoms. The van der Waals surface area contributed by atoms with E-state index in [0.717, 1.165) is 5.56 Å². The number of hydrogen-bond donors (Lipinski definition) is 2. The summed E-state index contributed by atoms with van der Waals surface area (Å²) in [4.78, 5) is 55.8. The maximum Gasteiger partial charge on any atom is 0.330 e. The zero-order valence-electron chi connectivity index (χ0n) is 22.2. The minimum Gasteiger partial charge on any atom is -0.490 e. The van der Waals surface area contributed by atoms with E-state index in [1.807, 2.05) is 27.7 Å². The number of likely N-dealkylation sites (N-methyl/N-ethyl adjacent to an activating group) is 1. The first kappa shape index (κ1) is 29.2. The van der Waals surface area contributed by atoms with E-state index in [2.05, 4.69) is 11.6 Å². The van der Waals surface area contributed by atoms with E-state index >= 15 is 0 Å². The van der Waals surface area contributed by atoms with Crippen molar-refractivity contribution < 1.29 is 14.3 Å². The van der Waals surface area contributed by atoms with Gasteiger partial charge in [-0.2, -0.15) is 0 Å². The molecule has 0 saturated heterocycles. The normalized spacial score (nSPS) is 11.2. The van der Waals surface area contributed by atoms with E-state index in [-0.39, 0.29) is 43.0 Å². The van der Waals surface area contributed by atoms with Gasteiger partial charge in [0.25, 0.3) is 5.56 Å². The van der Waals surface area contributed by atoms with Crippen LogP contribution in [0.25, 0.3) is 6.08 Å². The van der Waals surface area contributed by atoms with Crippen LogP contribution in [0.1, 0.15) is 33.3 Å². The standard InChI is InChI=1S/C27H37N5O5/c1-7-14-37-21-11-8-20(9-12-21)10-13-22(33)30(6)17-23(34)31(15-18(2)3)24-25(28)32(16-19(4)5)27(36)29-26(24)35/h7-13,18-19H,1,14-17,28H2,2-6H3,(H,29,35,36). The van der Waals surface area contributed by atoms with Gasteiger partial charge in [-0.05, 0) is 35.6 Å². The van der Waals surface area contributed by atoms with Crippen LogP contribution in [0.2, 0.25) is 0 Å². The van der Waals surface area contributed by atoms with Crippen molar-refractivity contribution in [1.29, 1.82) is 0 Å². The van der Waals surface area contributed by atoms with Crippen LogP contribution in [0.4, 0.5) is 11.5 Å². The molecule has 2 aromatic rings. The lowest BCUT2D eigenvalue weighted by molar-refractivity contribution is -0.130. The van der Waals surface area contributed by atoms with Crippen molar-refractivity contribution in [3.63, 3.8) is 0 Å².